The molecule has 0 aromatic heterocycles. The van der Waals surface area contributed by atoms with Crippen molar-refractivity contribution in [3.05, 3.63) is 0 Å². The highest BCUT2D eigenvalue weighted by molar-refractivity contribution is 5.05. The summed E-state index contributed by atoms with van der Waals surface area (Å²) in [6.07, 6.45) is 2.87. The summed E-state index contributed by atoms with van der Waals surface area (Å²) in [5, 5.41) is 9.24. The fourth-order valence-electron chi connectivity index (χ4n) is 3.60. The molecule has 2 bridgehead atoms. The average molecular weight is 198 g/mol. The van der Waals surface area contributed by atoms with Crippen LogP contribution < -0.4 is 0 Å². The molecule has 0 aromatic rings. The maximum atomic E-state index is 9.24. The van der Waals surface area contributed by atoms with E-state index in [4.69, 9.17) is 9.47 Å². The number of aliphatic hydroxyl groups excluding tert-OH is 1. The predicted molar refractivity (Wildman–Crippen MR) is 50.6 cm³/mol. The molecule has 0 radical (unpaired) electrons. The summed E-state index contributed by atoms with van der Waals surface area (Å²) < 4.78 is 11.8. The SMILES string of the molecule is CC1(C)O[C@H]2[C@@H]3CC(CO)[C@@H](C3)[C@H]2O1. The highest BCUT2D eigenvalue weighted by atomic mass is 16.8. The molecule has 1 aliphatic heterocycles. The van der Waals surface area contributed by atoms with Crippen molar-refractivity contribution in [2.24, 2.45) is 17.8 Å². The van der Waals surface area contributed by atoms with Crippen molar-refractivity contribution >= 4 is 0 Å². The molecule has 3 aliphatic rings. The lowest BCUT2D eigenvalue weighted by atomic mass is 9.86. The van der Waals surface area contributed by atoms with Crippen LogP contribution in [0.4, 0.5) is 0 Å². The quantitative estimate of drug-likeness (QED) is 0.687. The zero-order valence-electron chi connectivity index (χ0n) is 8.77. The fraction of sp³-hybridized carbons (Fsp3) is 1.00. The number of rotatable bonds is 1. The molecular formula is C11H18O3. The Morgan fingerprint density at radius 2 is 1.93 bits per heavy atom. The summed E-state index contributed by atoms with van der Waals surface area (Å²) in [4.78, 5) is 0. The van der Waals surface area contributed by atoms with Gasteiger partial charge in [-0.3, -0.25) is 0 Å². The van der Waals surface area contributed by atoms with E-state index in [1.807, 2.05) is 13.8 Å². The Bertz CT molecular complexity index is 249. The second kappa shape index (κ2) is 2.71. The number of hydrogen-bond donors (Lipinski definition) is 1. The van der Waals surface area contributed by atoms with Crippen LogP contribution in [0.1, 0.15) is 26.7 Å². The van der Waals surface area contributed by atoms with E-state index < -0.39 is 5.79 Å². The first-order chi connectivity index (χ1) is 6.61. The van der Waals surface area contributed by atoms with Crippen LogP contribution >= 0.6 is 0 Å². The first-order valence-electron chi connectivity index (χ1n) is 5.57. The second-order valence-corrected chi connectivity index (χ2v) is 5.40. The highest BCUT2D eigenvalue weighted by Gasteiger charge is 2.59. The van der Waals surface area contributed by atoms with Crippen molar-refractivity contribution < 1.29 is 14.6 Å². The monoisotopic (exact) mass is 198 g/mol. The molecule has 0 aromatic carbocycles. The topological polar surface area (TPSA) is 38.7 Å². The lowest BCUT2D eigenvalue weighted by molar-refractivity contribution is -0.158. The molecule has 3 nitrogen and oxygen atoms in total. The van der Waals surface area contributed by atoms with Crippen molar-refractivity contribution in [2.45, 2.75) is 44.7 Å². The van der Waals surface area contributed by atoms with Crippen molar-refractivity contribution in [3.8, 4) is 0 Å². The molecule has 80 valence electrons. The molecule has 0 amide bonds. The van der Waals surface area contributed by atoms with Crippen LogP contribution in [-0.4, -0.2) is 29.7 Å². The van der Waals surface area contributed by atoms with Gasteiger partial charge in [0, 0.05) is 6.61 Å². The molecule has 3 rings (SSSR count). The molecule has 14 heavy (non-hydrogen) atoms. The van der Waals surface area contributed by atoms with Gasteiger partial charge in [0.1, 0.15) is 0 Å². The largest absolute Gasteiger partial charge is 0.396 e. The zero-order chi connectivity index (χ0) is 9.92. The van der Waals surface area contributed by atoms with Crippen LogP contribution in [0.25, 0.3) is 0 Å². The summed E-state index contributed by atoms with van der Waals surface area (Å²) in [6, 6.07) is 0. The summed E-state index contributed by atoms with van der Waals surface area (Å²) >= 11 is 0. The Kier molecular flexibility index (Phi) is 1.77. The fourth-order valence-corrected chi connectivity index (χ4v) is 3.60. The number of fused-ring (bicyclic) bond motifs is 5. The Labute approximate surface area is 84.4 Å². The normalized spacial score (nSPS) is 53.8. The van der Waals surface area contributed by atoms with E-state index >= 15 is 0 Å². The maximum Gasteiger partial charge on any atom is 0.163 e. The van der Waals surface area contributed by atoms with Gasteiger partial charge in [0.05, 0.1) is 12.2 Å². The zero-order valence-corrected chi connectivity index (χ0v) is 8.77. The van der Waals surface area contributed by atoms with E-state index in [0.717, 1.165) is 6.42 Å². The van der Waals surface area contributed by atoms with Gasteiger partial charge in [-0.25, -0.2) is 0 Å². The molecule has 3 fully saturated rings. The minimum absolute atomic E-state index is 0.251. The minimum Gasteiger partial charge on any atom is -0.396 e. The van der Waals surface area contributed by atoms with Crippen LogP contribution in [0.5, 0.6) is 0 Å². The lowest BCUT2D eigenvalue weighted by Gasteiger charge is -2.27. The lowest BCUT2D eigenvalue weighted by Crippen LogP contribution is -2.35. The van der Waals surface area contributed by atoms with Crippen LogP contribution in [-0.2, 0) is 9.47 Å². The average Bonchev–Trinajstić information content (AvgIpc) is 2.70. The number of hydrogen-bond acceptors (Lipinski definition) is 3. The third kappa shape index (κ3) is 1.09. The molecule has 1 unspecified atom stereocenters. The van der Waals surface area contributed by atoms with Crippen LogP contribution in [0.15, 0.2) is 0 Å². The molecule has 5 atom stereocenters. The van der Waals surface area contributed by atoms with Gasteiger partial charge in [-0.15, -0.1) is 0 Å². The van der Waals surface area contributed by atoms with Crippen molar-refractivity contribution in [1.82, 2.24) is 0 Å². The number of aliphatic hydroxyl groups is 1. The van der Waals surface area contributed by atoms with Crippen molar-refractivity contribution in [2.75, 3.05) is 6.61 Å². The standard InChI is InChI=1S/C11H18O3/c1-11(2)13-9-6-3-7(5-12)8(4-6)10(9)14-11/h6-10,12H,3-5H2,1-2H3/t6-,7?,8-,9+,10-/m1/s1. The highest BCUT2D eigenvalue weighted by Crippen LogP contribution is 2.55. The van der Waals surface area contributed by atoms with Gasteiger partial charge in [-0.05, 0) is 44.4 Å². The van der Waals surface area contributed by atoms with E-state index in [-0.39, 0.29) is 6.10 Å². The summed E-state index contributed by atoms with van der Waals surface area (Å²) in [7, 11) is 0. The smallest absolute Gasteiger partial charge is 0.163 e. The van der Waals surface area contributed by atoms with E-state index in [0.29, 0.717) is 30.5 Å². The summed E-state index contributed by atoms with van der Waals surface area (Å²) in [5.74, 6) is 1.22. The summed E-state index contributed by atoms with van der Waals surface area (Å²) in [6.45, 7) is 4.28. The Morgan fingerprint density at radius 1 is 1.21 bits per heavy atom. The second-order valence-electron chi connectivity index (χ2n) is 5.40. The Hall–Kier alpha value is -0.120. The van der Waals surface area contributed by atoms with Gasteiger partial charge >= 0.3 is 0 Å². The Balaban J connectivity index is 1.82. The molecule has 2 saturated carbocycles. The van der Waals surface area contributed by atoms with Crippen LogP contribution in [0.2, 0.25) is 0 Å². The maximum absolute atomic E-state index is 9.24. The molecule has 1 N–H and O–H groups in total. The molecule has 3 heteroatoms. The van der Waals surface area contributed by atoms with Crippen LogP contribution in [0.3, 0.4) is 0 Å². The first kappa shape index (κ1) is 9.13. The van der Waals surface area contributed by atoms with Gasteiger partial charge in [-0.2, -0.15) is 0 Å². The molecule has 1 heterocycles. The van der Waals surface area contributed by atoms with Gasteiger partial charge in [0.2, 0.25) is 0 Å². The molecule has 1 saturated heterocycles. The van der Waals surface area contributed by atoms with Gasteiger partial charge < -0.3 is 14.6 Å². The van der Waals surface area contributed by atoms with E-state index in [1.54, 1.807) is 0 Å². The first-order valence-corrected chi connectivity index (χ1v) is 5.57. The van der Waals surface area contributed by atoms with Crippen molar-refractivity contribution in [1.29, 1.82) is 0 Å². The summed E-state index contributed by atoms with van der Waals surface area (Å²) in [5.41, 5.74) is 0. The van der Waals surface area contributed by atoms with Gasteiger partial charge in [-0.1, -0.05) is 0 Å². The predicted octanol–water partition coefficient (Wildman–Crippen LogP) is 1.15. The van der Waals surface area contributed by atoms with Gasteiger partial charge in [0.15, 0.2) is 5.79 Å². The number of ether oxygens (including phenoxy) is 2. The molecule has 0 spiro atoms. The third-order valence-corrected chi connectivity index (χ3v) is 4.07. The van der Waals surface area contributed by atoms with Gasteiger partial charge in [0.25, 0.3) is 0 Å². The van der Waals surface area contributed by atoms with E-state index in [2.05, 4.69) is 0 Å². The minimum atomic E-state index is -0.406. The van der Waals surface area contributed by atoms with Crippen molar-refractivity contribution in [3.63, 3.8) is 0 Å². The molecular weight excluding hydrogens is 180 g/mol. The van der Waals surface area contributed by atoms with E-state index in [9.17, 15) is 5.11 Å². The van der Waals surface area contributed by atoms with E-state index in [1.165, 1.54) is 6.42 Å². The van der Waals surface area contributed by atoms with Crippen LogP contribution in [0, 0.1) is 17.8 Å². The molecule has 2 aliphatic carbocycles. The third-order valence-electron chi connectivity index (χ3n) is 4.07. The Morgan fingerprint density at radius 3 is 2.64 bits per heavy atom.